The highest BCUT2D eigenvalue weighted by Gasteiger charge is 2.35. The van der Waals surface area contributed by atoms with E-state index >= 15 is 0 Å². The molecule has 2 aliphatic rings. The van der Waals surface area contributed by atoms with E-state index in [2.05, 4.69) is 17.1 Å². The van der Waals surface area contributed by atoms with Gasteiger partial charge in [0.15, 0.2) is 6.29 Å². The van der Waals surface area contributed by atoms with Gasteiger partial charge in [0.05, 0.1) is 19.3 Å². The molecule has 3 heterocycles. The van der Waals surface area contributed by atoms with Crippen molar-refractivity contribution in [2.75, 3.05) is 19.8 Å². The third kappa shape index (κ3) is 3.06. The van der Waals surface area contributed by atoms with Crippen LogP contribution in [0.25, 0.3) is 10.9 Å². The Morgan fingerprint density at radius 3 is 2.92 bits per heavy atom. The van der Waals surface area contributed by atoms with Crippen molar-refractivity contribution in [3.63, 3.8) is 0 Å². The largest absolute Gasteiger partial charge is 0.361 e. The van der Waals surface area contributed by atoms with E-state index in [1.165, 1.54) is 10.9 Å². The number of aryl methyl sites for hydroxylation is 1. The Hall–Kier alpha value is -1.85. The number of carbonyl (C=O) groups is 1. The number of aromatic nitrogens is 1. The van der Waals surface area contributed by atoms with Crippen LogP contribution in [0.15, 0.2) is 30.5 Å². The lowest BCUT2D eigenvalue weighted by Gasteiger charge is -2.38. The molecule has 1 aromatic heterocycles. The van der Waals surface area contributed by atoms with Crippen LogP contribution in [0.4, 0.5) is 0 Å². The Bertz CT molecular complexity index is 705. The van der Waals surface area contributed by atoms with Gasteiger partial charge in [0, 0.05) is 30.1 Å². The number of piperidine rings is 1. The maximum absolute atomic E-state index is 12.8. The van der Waals surface area contributed by atoms with Crippen molar-refractivity contribution in [2.45, 2.75) is 44.4 Å². The number of amides is 1. The molecule has 128 valence electrons. The number of likely N-dealkylation sites (tertiary alicyclic amines) is 1. The third-order valence-electron chi connectivity index (χ3n) is 5.11. The summed E-state index contributed by atoms with van der Waals surface area (Å²) in [6.45, 7) is 2.09. The van der Waals surface area contributed by atoms with Crippen LogP contribution < -0.4 is 0 Å². The van der Waals surface area contributed by atoms with Crippen LogP contribution in [0.2, 0.25) is 0 Å². The summed E-state index contributed by atoms with van der Waals surface area (Å²) >= 11 is 0. The van der Waals surface area contributed by atoms with Gasteiger partial charge in [-0.15, -0.1) is 0 Å². The molecule has 0 spiro atoms. The minimum Gasteiger partial charge on any atom is -0.361 e. The minimum atomic E-state index is -0.234. The molecule has 0 saturated carbocycles. The number of hydrogen-bond donors (Lipinski definition) is 1. The van der Waals surface area contributed by atoms with Crippen LogP contribution in [0, 0.1) is 0 Å². The lowest BCUT2D eigenvalue weighted by Crippen LogP contribution is -2.50. The SMILES string of the molecule is O=C(CCc1c[nH]c2ccccc12)N1CCCC[C@H]1C1OCCO1. The predicted molar refractivity (Wildman–Crippen MR) is 91.7 cm³/mol. The lowest BCUT2D eigenvalue weighted by molar-refractivity contribution is -0.150. The summed E-state index contributed by atoms with van der Waals surface area (Å²) in [6, 6.07) is 8.31. The number of hydrogen-bond acceptors (Lipinski definition) is 3. The second-order valence-corrected chi connectivity index (χ2v) is 6.62. The molecule has 0 bridgehead atoms. The molecular formula is C19H24N2O3. The molecule has 1 amide bonds. The van der Waals surface area contributed by atoms with Gasteiger partial charge in [-0.3, -0.25) is 4.79 Å². The molecule has 0 unspecified atom stereocenters. The van der Waals surface area contributed by atoms with Crippen LogP contribution in [0.3, 0.4) is 0 Å². The van der Waals surface area contributed by atoms with E-state index in [-0.39, 0.29) is 18.2 Å². The number of ether oxygens (including phenoxy) is 2. The third-order valence-corrected chi connectivity index (χ3v) is 5.11. The standard InChI is InChI=1S/C19H24N2O3/c22-18(9-8-14-13-20-16-6-2-1-5-15(14)16)21-10-4-3-7-17(21)19-23-11-12-24-19/h1-2,5-6,13,17,19-20H,3-4,7-12H2/t17-/m0/s1. The Balaban J connectivity index is 1.42. The number of H-pyrrole nitrogens is 1. The first-order chi connectivity index (χ1) is 11.8. The molecule has 4 rings (SSSR count). The molecular weight excluding hydrogens is 304 g/mol. The number of carbonyl (C=O) groups excluding carboxylic acids is 1. The van der Waals surface area contributed by atoms with Crippen molar-refractivity contribution in [3.05, 3.63) is 36.0 Å². The molecule has 1 aromatic carbocycles. The van der Waals surface area contributed by atoms with E-state index in [9.17, 15) is 4.79 Å². The summed E-state index contributed by atoms with van der Waals surface area (Å²) in [6.07, 6.45) is 6.27. The Kier molecular flexibility index (Phi) is 4.54. The van der Waals surface area contributed by atoms with Crippen molar-refractivity contribution >= 4 is 16.8 Å². The van der Waals surface area contributed by atoms with Crippen LogP contribution >= 0.6 is 0 Å². The highest BCUT2D eigenvalue weighted by atomic mass is 16.7. The molecule has 1 atom stereocenters. The predicted octanol–water partition coefficient (Wildman–Crippen LogP) is 2.85. The van der Waals surface area contributed by atoms with Gasteiger partial charge in [-0.2, -0.15) is 0 Å². The highest BCUT2D eigenvalue weighted by molar-refractivity contribution is 5.84. The highest BCUT2D eigenvalue weighted by Crippen LogP contribution is 2.26. The van der Waals surface area contributed by atoms with Crippen molar-refractivity contribution in [1.29, 1.82) is 0 Å². The van der Waals surface area contributed by atoms with Crippen LogP contribution in [-0.2, 0) is 20.7 Å². The van der Waals surface area contributed by atoms with Gasteiger partial charge in [0.2, 0.25) is 5.91 Å². The number of benzene rings is 1. The van der Waals surface area contributed by atoms with Gasteiger partial charge in [-0.05, 0) is 37.3 Å². The molecule has 5 nitrogen and oxygen atoms in total. The molecule has 0 radical (unpaired) electrons. The Labute approximate surface area is 141 Å². The number of nitrogens with zero attached hydrogens (tertiary/aromatic N) is 1. The van der Waals surface area contributed by atoms with Gasteiger partial charge in [-0.25, -0.2) is 0 Å². The van der Waals surface area contributed by atoms with E-state index in [4.69, 9.17) is 9.47 Å². The molecule has 2 aromatic rings. The molecule has 2 saturated heterocycles. The fourth-order valence-corrected chi connectivity index (χ4v) is 3.87. The monoisotopic (exact) mass is 328 g/mol. The lowest BCUT2D eigenvalue weighted by atomic mass is 10.00. The number of rotatable bonds is 4. The van der Waals surface area contributed by atoms with Gasteiger partial charge in [0.25, 0.3) is 0 Å². The smallest absolute Gasteiger partial charge is 0.223 e. The molecule has 0 aliphatic carbocycles. The van der Waals surface area contributed by atoms with Crippen molar-refractivity contribution in [3.8, 4) is 0 Å². The summed E-state index contributed by atoms with van der Waals surface area (Å²) in [5.74, 6) is 0.212. The van der Waals surface area contributed by atoms with Crippen LogP contribution in [0.1, 0.15) is 31.2 Å². The molecule has 2 aliphatic heterocycles. The zero-order chi connectivity index (χ0) is 16.4. The van der Waals surface area contributed by atoms with Crippen molar-refractivity contribution in [1.82, 2.24) is 9.88 Å². The van der Waals surface area contributed by atoms with Crippen molar-refractivity contribution < 1.29 is 14.3 Å². The first-order valence-corrected chi connectivity index (χ1v) is 8.90. The Morgan fingerprint density at radius 2 is 2.04 bits per heavy atom. The number of aromatic amines is 1. The fraction of sp³-hybridized carbons (Fsp3) is 0.526. The fourth-order valence-electron chi connectivity index (χ4n) is 3.87. The second-order valence-electron chi connectivity index (χ2n) is 6.62. The molecule has 2 fully saturated rings. The van der Waals surface area contributed by atoms with E-state index in [1.54, 1.807) is 0 Å². The maximum atomic E-state index is 12.8. The van der Waals surface area contributed by atoms with Gasteiger partial charge in [-0.1, -0.05) is 18.2 Å². The minimum absolute atomic E-state index is 0.0803. The van der Waals surface area contributed by atoms with Gasteiger partial charge < -0.3 is 19.4 Å². The quantitative estimate of drug-likeness (QED) is 0.939. The topological polar surface area (TPSA) is 54.6 Å². The first-order valence-electron chi connectivity index (χ1n) is 8.90. The van der Waals surface area contributed by atoms with Crippen LogP contribution in [0.5, 0.6) is 0 Å². The first kappa shape index (κ1) is 15.7. The maximum Gasteiger partial charge on any atom is 0.223 e. The number of fused-ring (bicyclic) bond motifs is 1. The Morgan fingerprint density at radius 1 is 1.21 bits per heavy atom. The van der Waals surface area contributed by atoms with E-state index < -0.39 is 0 Å². The van der Waals surface area contributed by atoms with Gasteiger partial charge >= 0.3 is 0 Å². The van der Waals surface area contributed by atoms with Crippen molar-refractivity contribution in [2.24, 2.45) is 0 Å². The molecule has 24 heavy (non-hydrogen) atoms. The number of nitrogens with one attached hydrogen (secondary N) is 1. The summed E-state index contributed by atoms with van der Waals surface area (Å²) in [5, 5.41) is 1.21. The summed E-state index contributed by atoms with van der Waals surface area (Å²) in [7, 11) is 0. The average Bonchev–Trinajstić information content (AvgIpc) is 3.30. The second kappa shape index (κ2) is 6.95. The van der Waals surface area contributed by atoms with E-state index in [0.29, 0.717) is 19.6 Å². The van der Waals surface area contributed by atoms with Gasteiger partial charge in [0.1, 0.15) is 0 Å². The summed E-state index contributed by atoms with van der Waals surface area (Å²) < 4.78 is 11.3. The summed E-state index contributed by atoms with van der Waals surface area (Å²) in [5.41, 5.74) is 2.34. The molecule has 5 heteroatoms. The number of para-hydroxylation sites is 1. The zero-order valence-electron chi connectivity index (χ0n) is 13.9. The summed E-state index contributed by atoms with van der Waals surface area (Å²) in [4.78, 5) is 18.1. The molecule has 1 N–H and O–H groups in total. The van der Waals surface area contributed by atoms with E-state index in [1.807, 2.05) is 23.2 Å². The van der Waals surface area contributed by atoms with E-state index in [0.717, 1.165) is 37.7 Å². The average molecular weight is 328 g/mol. The van der Waals surface area contributed by atoms with Crippen LogP contribution in [-0.4, -0.2) is 47.9 Å². The zero-order valence-corrected chi connectivity index (χ0v) is 13.9. The normalized spacial score (nSPS) is 22.3.